The molecule has 1 amide bonds. The Morgan fingerprint density at radius 3 is 2.67 bits per heavy atom. The fraction of sp³-hybridized carbons (Fsp3) is 0.333. The average molecular weight is 425 g/mol. The molecule has 4 rings (SSSR count). The van der Waals surface area contributed by atoms with Gasteiger partial charge >= 0.3 is 0 Å². The molecule has 1 heterocycles. The Labute approximate surface area is 181 Å². The predicted octanol–water partition coefficient (Wildman–Crippen LogP) is 5.14. The van der Waals surface area contributed by atoms with Crippen LogP contribution in [0.4, 0.5) is 4.39 Å². The van der Waals surface area contributed by atoms with Gasteiger partial charge in [-0.15, -0.1) is 0 Å². The highest BCUT2D eigenvalue weighted by molar-refractivity contribution is 7.80. The molecule has 0 N–H and O–H groups in total. The molecular weight excluding hydrogens is 399 g/mol. The van der Waals surface area contributed by atoms with Crippen LogP contribution in [0.2, 0.25) is 0 Å². The van der Waals surface area contributed by atoms with E-state index in [1.54, 1.807) is 15.9 Å². The molecule has 0 radical (unpaired) electrons. The minimum absolute atomic E-state index is 0.0469. The molecule has 0 aromatic heterocycles. The summed E-state index contributed by atoms with van der Waals surface area (Å²) in [6, 6.07) is 14.1. The number of hydrogen-bond acceptors (Lipinski definition) is 3. The summed E-state index contributed by atoms with van der Waals surface area (Å²) in [4.78, 5) is 16.8. The number of likely N-dealkylation sites (N-methyl/N-ethyl adjacent to an activating group) is 1. The van der Waals surface area contributed by atoms with Crippen LogP contribution in [0, 0.1) is 5.82 Å². The molecule has 0 bridgehead atoms. The van der Waals surface area contributed by atoms with Crippen LogP contribution in [-0.2, 0) is 11.4 Å². The molecule has 2 aromatic carbocycles. The quantitative estimate of drug-likeness (QED) is 0.492. The van der Waals surface area contributed by atoms with Crippen molar-refractivity contribution >= 4 is 29.3 Å². The van der Waals surface area contributed by atoms with E-state index in [2.05, 4.69) is 0 Å². The molecule has 156 valence electrons. The van der Waals surface area contributed by atoms with E-state index in [4.69, 9.17) is 17.0 Å². The van der Waals surface area contributed by atoms with Crippen molar-refractivity contribution in [2.75, 3.05) is 7.05 Å². The Kier molecular flexibility index (Phi) is 6.13. The molecule has 0 atom stereocenters. The first kappa shape index (κ1) is 20.5. The molecule has 2 aromatic rings. The number of benzene rings is 2. The molecule has 4 nitrogen and oxygen atoms in total. The Bertz CT molecular complexity index is 985. The van der Waals surface area contributed by atoms with Crippen molar-refractivity contribution in [3.8, 4) is 5.75 Å². The van der Waals surface area contributed by atoms with Gasteiger partial charge in [-0.25, -0.2) is 4.39 Å². The first-order valence-electron chi connectivity index (χ1n) is 10.3. The summed E-state index contributed by atoms with van der Waals surface area (Å²) < 4.78 is 19.4. The van der Waals surface area contributed by atoms with Crippen LogP contribution in [0.1, 0.15) is 43.2 Å². The first-order chi connectivity index (χ1) is 14.5. The number of hydrogen-bond donors (Lipinski definition) is 0. The lowest BCUT2D eigenvalue weighted by Gasteiger charge is -2.30. The molecule has 6 heteroatoms. The van der Waals surface area contributed by atoms with Gasteiger partial charge in [0.1, 0.15) is 23.9 Å². The summed E-state index contributed by atoms with van der Waals surface area (Å²) >= 11 is 5.60. The maximum atomic E-state index is 13.4. The number of halogens is 1. The first-order valence-corrected chi connectivity index (χ1v) is 10.7. The van der Waals surface area contributed by atoms with E-state index in [1.165, 1.54) is 18.6 Å². The van der Waals surface area contributed by atoms with Gasteiger partial charge in [-0.2, -0.15) is 0 Å². The van der Waals surface area contributed by atoms with E-state index < -0.39 is 0 Å². The zero-order valence-electron chi connectivity index (χ0n) is 17.0. The monoisotopic (exact) mass is 424 g/mol. The second-order valence-electron chi connectivity index (χ2n) is 7.79. The second-order valence-corrected chi connectivity index (χ2v) is 8.16. The van der Waals surface area contributed by atoms with Crippen molar-refractivity contribution in [3.05, 3.63) is 71.2 Å². The van der Waals surface area contributed by atoms with E-state index in [0.717, 1.165) is 36.8 Å². The zero-order valence-corrected chi connectivity index (χ0v) is 17.8. The summed E-state index contributed by atoms with van der Waals surface area (Å²) in [5.74, 6) is 0.299. The van der Waals surface area contributed by atoms with E-state index in [-0.39, 0.29) is 24.4 Å². The molecule has 1 aliphatic carbocycles. The Morgan fingerprint density at radius 2 is 1.90 bits per heavy atom. The third-order valence-electron chi connectivity index (χ3n) is 5.73. The number of thiocarbonyl (C=S) groups is 1. The standard InChI is InChI=1S/C24H25FN2O2S/c1-26-21(23(28)27(24(26)30)20-11-3-2-4-12-20)15-18-9-5-6-13-22(18)29-16-17-8-7-10-19(25)14-17/h5-10,13-15,20H,2-4,11-12,16H2,1H3/b21-15-. The van der Waals surface area contributed by atoms with Crippen LogP contribution < -0.4 is 4.74 Å². The third kappa shape index (κ3) is 4.24. The normalized spacial score (nSPS) is 19.1. The van der Waals surface area contributed by atoms with E-state index in [9.17, 15) is 9.18 Å². The minimum Gasteiger partial charge on any atom is -0.488 e. The summed E-state index contributed by atoms with van der Waals surface area (Å²) in [5.41, 5.74) is 2.08. The van der Waals surface area contributed by atoms with Gasteiger partial charge in [0, 0.05) is 18.7 Å². The lowest BCUT2D eigenvalue weighted by molar-refractivity contribution is -0.124. The fourth-order valence-electron chi connectivity index (χ4n) is 4.10. The number of amides is 1. The van der Waals surface area contributed by atoms with E-state index in [0.29, 0.717) is 16.6 Å². The Morgan fingerprint density at radius 1 is 1.13 bits per heavy atom. The minimum atomic E-state index is -0.291. The van der Waals surface area contributed by atoms with Crippen molar-refractivity contribution in [3.63, 3.8) is 0 Å². The number of ether oxygens (including phenoxy) is 1. The summed E-state index contributed by atoms with van der Waals surface area (Å²) in [7, 11) is 1.84. The van der Waals surface area contributed by atoms with Crippen LogP contribution in [0.25, 0.3) is 6.08 Å². The number of carbonyl (C=O) groups is 1. The third-order valence-corrected chi connectivity index (χ3v) is 6.20. The lowest BCUT2D eigenvalue weighted by Crippen LogP contribution is -2.41. The molecular formula is C24H25FN2O2S. The van der Waals surface area contributed by atoms with Gasteiger partial charge in [0.05, 0.1) is 0 Å². The second kappa shape index (κ2) is 8.96. The summed E-state index contributed by atoms with van der Waals surface area (Å²) in [6.07, 6.45) is 7.33. The van der Waals surface area contributed by atoms with Crippen molar-refractivity contribution < 1.29 is 13.9 Å². The van der Waals surface area contributed by atoms with Gasteiger partial charge in [0.15, 0.2) is 5.11 Å². The van der Waals surface area contributed by atoms with Gasteiger partial charge in [-0.1, -0.05) is 49.6 Å². The lowest BCUT2D eigenvalue weighted by atomic mass is 9.94. The number of carbonyl (C=O) groups excluding carboxylic acids is 1. The highest BCUT2D eigenvalue weighted by atomic mass is 32.1. The molecule has 1 aliphatic heterocycles. The molecule has 0 spiro atoms. The van der Waals surface area contributed by atoms with Gasteiger partial charge in [0.25, 0.3) is 5.91 Å². The van der Waals surface area contributed by atoms with Crippen molar-refractivity contribution in [1.29, 1.82) is 0 Å². The number of nitrogens with zero attached hydrogens (tertiary/aromatic N) is 2. The molecule has 2 fully saturated rings. The van der Waals surface area contributed by atoms with Gasteiger partial charge in [-0.05, 0) is 54.9 Å². The maximum absolute atomic E-state index is 13.4. The van der Waals surface area contributed by atoms with Crippen LogP contribution in [0.15, 0.2) is 54.2 Å². The smallest absolute Gasteiger partial charge is 0.277 e. The van der Waals surface area contributed by atoms with Crippen molar-refractivity contribution in [1.82, 2.24) is 9.80 Å². The summed E-state index contributed by atoms with van der Waals surface area (Å²) in [6.45, 7) is 0.244. The molecule has 1 saturated carbocycles. The fourth-order valence-corrected chi connectivity index (χ4v) is 4.43. The average Bonchev–Trinajstić information content (AvgIpc) is 2.97. The van der Waals surface area contributed by atoms with Crippen molar-refractivity contribution in [2.45, 2.75) is 44.8 Å². The van der Waals surface area contributed by atoms with Crippen LogP contribution >= 0.6 is 12.2 Å². The van der Waals surface area contributed by atoms with Gasteiger partial charge < -0.3 is 9.64 Å². The maximum Gasteiger partial charge on any atom is 0.277 e. The van der Waals surface area contributed by atoms with Crippen LogP contribution in [-0.4, -0.2) is 33.9 Å². The van der Waals surface area contributed by atoms with E-state index >= 15 is 0 Å². The highest BCUT2D eigenvalue weighted by Gasteiger charge is 2.40. The van der Waals surface area contributed by atoms with Gasteiger partial charge in [0.2, 0.25) is 0 Å². The summed E-state index contributed by atoms with van der Waals surface area (Å²) in [5, 5.41) is 0.566. The predicted molar refractivity (Wildman–Crippen MR) is 119 cm³/mol. The SMILES string of the molecule is CN1C(=S)N(C2CCCCC2)C(=O)/C1=C/c1ccccc1OCc1cccc(F)c1. The molecule has 1 saturated heterocycles. The van der Waals surface area contributed by atoms with Crippen LogP contribution in [0.3, 0.4) is 0 Å². The largest absolute Gasteiger partial charge is 0.488 e. The molecule has 2 aliphatic rings. The Balaban J connectivity index is 1.56. The van der Waals surface area contributed by atoms with E-state index in [1.807, 2.05) is 43.5 Å². The van der Waals surface area contributed by atoms with Crippen LogP contribution in [0.5, 0.6) is 5.75 Å². The van der Waals surface area contributed by atoms with Gasteiger partial charge in [-0.3, -0.25) is 9.69 Å². The Hall–Kier alpha value is -2.73. The van der Waals surface area contributed by atoms with Crippen molar-refractivity contribution in [2.24, 2.45) is 0 Å². The molecule has 0 unspecified atom stereocenters. The topological polar surface area (TPSA) is 32.8 Å². The zero-order chi connectivity index (χ0) is 21.1. The highest BCUT2D eigenvalue weighted by Crippen LogP contribution is 2.32. The number of rotatable bonds is 5. The number of para-hydroxylation sites is 1. The molecule has 30 heavy (non-hydrogen) atoms.